The lowest BCUT2D eigenvalue weighted by atomic mass is 10.2. The highest BCUT2D eigenvalue weighted by Crippen LogP contribution is 2.25. The van der Waals surface area contributed by atoms with Crippen molar-refractivity contribution < 1.29 is 18.4 Å². The number of amides is 1. The average molecular weight is 376 g/mol. The Hall–Kier alpha value is -2.93. The number of rotatable bonds is 6. The molecule has 1 heterocycles. The Morgan fingerprint density at radius 2 is 2.04 bits per heavy atom. The number of nitrogens with one attached hydrogen (secondary N) is 1. The molecule has 0 spiro atoms. The smallest absolute Gasteiger partial charge is 0.227 e. The van der Waals surface area contributed by atoms with Gasteiger partial charge in [0.1, 0.15) is 11.6 Å². The molecule has 0 radical (unpaired) electrons. The van der Waals surface area contributed by atoms with Crippen molar-refractivity contribution in [2.45, 2.75) is 12.8 Å². The minimum atomic E-state index is -0.444. The molecule has 2 aromatic carbocycles. The topological polar surface area (TPSA) is 77.2 Å². The first-order valence-electron chi connectivity index (χ1n) is 7.77. The Morgan fingerprint density at radius 1 is 1.27 bits per heavy atom. The van der Waals surface area contributed by atoms with Gasteiger partial charge in [0, 0.05) is 29.5 Å². The van der Waals surface area contributed by atoms with E-state index in [4.69, 9.17) is 20.9 Å². The third-order valence-electron chi connectivity index (χ3n) is 3.57. The van der Waals surface area contributed by atoms with Gasteiger partial charge in [-0.05, 0) is 36.4 Å². The van der Waals surface area contributed by atoms with Crippen molar-refractivity contribution in [2.24, 2.45) is 0 Å². The molecule has 0 aliphatic heterocycles. The quantitative estimate of drug-likeness (QED) is 0.701. The lowest BCUT2D eigenvalue weighted by Gasteiger charge is -2.09. The van der Waals surface area contributed by atoms with Crippen molar-refractivity contribution in [3.05, 3.63) is 59.2 Å². The normalized spacial score (nSPS) is 10.6. The molecular weight excluding hydrogens is 361 g/mol. The van der Waals surface area contributed by atoms with Crippen molar-refractivity contribution in [3.8, 4) is 17.1 Å². The number of nitrogens with zero attached hydrogens (tertiary/aromatic N) is 2. The molecule has 3 aromatic rings. The zero-order chi connectivity index (χ0) is 18.5. The van der Waals surface area contributed by atoms with E-state index in [0.717, 1.165) is 5.56 Å². The Bertz CT molecular complexity index is 912. The van der Waals surface area contributed by atoms with Gasteiger partial charge in [0.15, 0.2) is 0 Å². The van der Waals surface area contributed by atoms with Crippen LogP contribution in [-0.2, 0) is 11.2 Å². The number of carbonyl (C=O) groups excluding carboxylic acids is 1. The zero-order valence-corrected chi connectivity index (χ0v) is 14.6. The highest BCUT2D eigenvalue weighted by molar-refractivity contribution is 6.30. The molecule has 0 bridgehead atoms. The number of aryl methyl sites for hydroxylation is 1. The van der Waals surface area contributed by atoms with Crippen molar-refractivity contribution in [3.63, 3.8) is 0 Å². The van der Waals surface area contributed by atoms with E-state index >= 15 is 0 Å². The molecule has 0 saturated heterocycles. The largest absolute Gasteiger partial charge is 0.494 e. The highest BCUT2D eigenvalue weighted by atomic mass is 35.5. The average Bonchev–Trinajstić information content (AvgIpc) is 3.11. The minimum Gasteiger partial charge on any atom is -0.494 e. The second-order valence-corrected chi connectivity index (χ2v) is 5.85. The molecule has 1 amide bonds. The maximum Gasteiger partial charge on any atom is 0.227 e. The number of carbonyl (C=O) groups is 1. The van der Waals surface area contributed by atoms with Crippen LogP contribution in [0.1, 0.15) is 12.3 Å². The SMILES string of the molecule is COc1cc(F)ccc1NC(=O)CCc1nc(-c2ccc(Cl)cc2)no1. The lowest BCUT2D eigenvalue weighted by Crippen LogP contribution is -2.13. The molecule has 0 fully saturated rings. The fraction of sp³-hybridized carbons (Fsp3) is 0.167. The number of anilines is 1. The zero-order valence-electron chi connectivity index (χ0n) is 13.8. The van der Waals surface area contributed by atoms with Crippen LogP contribution in [0.4, 0.5) is 10.1 Å². The van der Waals surface area contributed by atoms with Gasteiger partial charge < -0.3 is 14.6 Å². The Kier molecular flexibility index (Phi) is 5.48. The molecule has 1 N–H and O–H groups in total. The summed E-state index contributed by atoms with van der Waals surface area (Å²) in [7, 11) is 1.40. The molecule has 0 saturated carbocycles. The van der Waals surface area contributed by atoms with Crippen LogP contribution >= 0.6 is 11.6 Å². The highest BCUT2D eigenvalue weighted by Gasteiger charge is 2.12. The maximum atomic E-state index is 13.2. The summed E-state index contributed by atoms with van der Waals surface area (Å²) >= 11 is 5.85. The molecule has 0 atom stereocenters. The summed E-state index contributed by atoms with van der Waals surface area (Å²) in [5.74, 6) is 0.302. The van der Waals surface area contributed by atoms with Gasteiger partial charge >= 0.3 is 0 Å². The number of ether oxygens (including phenoxy) is 1. The molecule has 134 valence electrons. The number of hydrogen-bond donors (Lipinski definition) is 1. The van der Waals surface area contributed by atoms with Gasteiger partial charge in [0.2, 0.25) is 17.6 Å². The van der Waals surface area contributed by atoms with Crippen molar-refractivity contribution in [1.82, 2.24) is 10.1 Å². The molecule has 3 rings (SSSR count). The molecule has 6 nitrogen and oxygen atoms in total. The van der Waals surface area contributed by atoms with E-state index < -0.39 is 5.82 Å². The molecule has 0 unspecified atom stereocenters. The van der Waals surface area contributed by atoms with Gasteiger partial charge in [-0.25, -0.2) is 4.39 Å². The van der Waals surface area contributed by atoms with Crippen LogP contribution in [0.2, 0.25) is 5.02 Å². The second-order valence-electron chi connectivity index (χ2n) is 5.41. The molecule has 26 heavy (non-hydrogen) atoms. The van der Waals surface area contributed by atoms with Gasteiger partial charge in [-0.3, -0.25) is 4.79 Å². The van der Waals surface area contributed by atoms with Crippen LogP contribution < -0.4 is 10.1 Å². The molecular formula is C18H15ClFN3O3. The van der Waals surface area contributed by atoms with E-state index in [1.807, 2.05) is 0 Å². The number of methoxy groups -OCH3 is 1. The van der Waals surface area contributed by atoms with Gasteiger partial charge in [0.05, 0.1) is 12.8 Å². The van der Waals surface area contributed by atoms with Crippen LogP contribution in [0.3, 0.4) is 0 Å². The van der Waals surface area contributed by atoms with Crippen LogP contribution in [0, 0.1) is 5.82 Å². The van der Waals surface area contributed by atoms with Gasteiger partial charge in [-0.2, -0.15) is 4.98 Å². The van der Waals surface area contributed by atoms with E-state index in [0.29, 0.717) is 22.4 Å². The fourth-order valence-corrected chi connectivity index (χ4v) is 2.40. The van der Waals surface area contributed by atoms with Crippen LogP contribution in [-0.4, -0.2) is 23.2 Å². The summed E-state index contributed by atoms with van der Waals surface area (Å²) in [6.07, 6.45) is 0.402. The van der Waals surface area contributed by atoms with E-state index in [2.05, 4.69) is 15.5 Å². The second kappa shape index (κ2) is 7.97. The van der Waals surface area contributed by atoms with Crippen LogP contribution in [0.15, 0.2) is 47.0 Å². The molecule has 1 aromatic heterocycles. The van der Waals surface area contributed by atoms with Gasteiger partial charge in [0.25, 0.3) is 0 Å². The molecule has 0 aliphatic rings. The summed E-state index contributed by atoms with van der Waals surface area (Å²) in [5, 5.41) is 7.18. The monoisotopic (exact) mass is 375 g/mol. The standard InChI is InChI=1S/C18H15ClFN3O3/c1-25-15-10-13(20)6-7-14(15)21-16(24)8-9-17-22-18(23-26-17)11-2-4-12(19)5-3-11/h2-7,10H,8-9H2,1H3,(H,21,24). The van der Waals surface area contributed by atoms with Crippen molar-refractivity contribution in [2.75, 3.05) is 12.4 Å². The van der Waals surface area contributed by atoms with E-state index in [1.165, 1.54) is 25.3 Å². The van der Waals surface area contributed by atoms with Crippen molar-refractivity contribution >= 4 is 23.2 Å². The van der Waals surface area contributed by atoms with Crippen LogP contribution in [0.5, 0.6) is 5.75 Å². The number of halogens is 2. The summed E-state index contributed by atoms with van der Waals surface area (Å²) < 4.78 is 23.4. The Balaban J connectivity index is 1.59. The van der Waals surface area contributed by atoms with Gasteiger partial charge in [-0.15, -0.1) is 0 Å². The maximum absolute atomic E-state index is 13.2. The predicted octanol–water partition coefficient (Wildman–Crippen LogP) is 4.11. The molecule has 8 heteroatoms. The Labute approximate surface area is 153 Å². The minimum absolute atomic E-state index is 0.128. The first kappa shape index (κ1) is 17.9. The first-order chi connectivity index (χ1) is 12.5. The molecule has 0 aliphatic carbocycles. The number of hydrogen-bond acceptors (Lipinski definition) is 5. The summed E-state index contributed by atoms with van der Waals surface area (Å²) in [4.78, 5) is 16.3. The van der Waals surface area contributed by atoms with E-state index in [-0.39, 0.29) is 24.5 Å². The predicted molar refractivity (Wildman–Crippen MR) is 94.6 cm³/mol. The first-order valence-corrected chi connectivity index (χ1v) is 8.15. The lowest BCUT2D eigenvalue weighted by molar-refractivity contribution is -0.116. The van der Waals surface area contributed by atoms with Crippen LogP contribution in [0.25, 0.3) is 11.4 Å². The third-order valence-corrected chi connectivity index (χ3v) is 3.83. The van der Waals surface area contributed by atoms with Gasteiger partial charge in [-0.1, -0.05) is 16.8 Å². The Morgan fingerprint density at radius 3 is 2.77 bits per heavy atom. The number of benzene rings is 2. The fourth-order valence-electron chi connectivity index (χ4n) is 2.27. The summed E-state index contributed by atoms with van der Waals surface area (Å²) in [6, 6.07) is 10.9. The third kappa shape index (κ3) is 4.37. The number of aromatic nitrogens is 2. The summed E-state index contributed by atoms with van der Waals surface area (Å²) in [5.41, 5.74) is 1.16. The summed E-state index contributed by atoms with van der Waals surface area (Å²) in [6.45, 7) is 0. The van der Waals surface area contributed by atoms with E-state index in [9.17, 15) is 9.18 Å². The van der Waals surface area contributed by atoms with E-state index in [1.54, 1.807) is 24.3 Å². The van der Waals surface area contributed by atoms with Crippen molar-refractivity contribution in [1.29, 1.82) is 0 Å².